The van der Waals surface area contributed by atoms with Crippen LogP contribution in [0.25, 0.3) is 6.08 Å². The van der Waals surface area contributed by atoms with Gasteiger partial charge in [-0.3, -0.25) is 9.69 Å². The fourth-order valence-corrected chi connectivity index (χ4v) is 3.01. The number of hydrogen-bond donors (Lipinski definition) is 1. The zero-order chi connectivity index (χ0) is 19.2. The van der Waals surface area contributed by atoms with Gasteiger partial charge in [0.1, 0.15) is 28.6 Å². The van der Waals surface area contributed by atoms with E-state index in [0.29, 0.717) is 36.8 Å². The molecule has 1 N–H and O–H groups in total. The largest absolute Gasteiger partial charge is 0.507 e. The summed E-state index contributed by atoms with van der Waals surface area (Å²) in [6.07, 6.45) is 4.42. The number of furan rings is 1. The highest BCUT2D eigenvalue weighted by Crippen LogP contribution is 2.39. The van der Waals surface area contributed by atoms with Crippen LogP contribution in [0.1, 0.15) is 21.7 Å². The Morgan fingerprint density at radius 2 is 2.00 bits per heavy atom. The van der Waals surface area contributed by atoms with E-state index in [0.717, 1.165) is 13.1 Å². The van der Waals surface area contributed by atoms with Crippen LogP contribution in [0.3, 0.4) is 0 Å². The predicted molar refractivity (Wildman–Crippen MR) is 99.4 cm³/mol. The number of benzene rings is 1. The Labute approximate surface area is 157 Å². The van der Waals surface area contributed by atoms with Gasteiger partial charge >= 0.3 is 0 Å². The fraction of sp³-hybridized carbons (Fsp3) is 0.350. The maximum atomic E-state index is 12.7. The third-order valence-electron chi connectivity index (χ3n) is 4.44. The van der Waals surface area contributed by atoms with Crippen LogP contribution in [0.15, 0.2) is 35.0 Å². The molecular formula is C20H23NO6. The Morgan fingerprint density at radius 1 is 1.26 bits per heavy atom. The minimum atomic E-state index is -0.383. The number of morpholine rings is 1. The summed E-state index contributed by atoms with van der Waals surface area (Å²) < 4.78 is 21.3. The van der Waals surface area contributed by atoms with E-state index < -0.39 is 0 Å². The van der Waals surface area contributed by atoms with E-state index in [-0.39, 0.29) is 22.8 Å². The minimum absolute atomic E-state index is 0.101. The number of methoxy groups -OCH3 is 2. The first kappa shape index (κ1) is 19.0. The van der Waals surface area contributed by atoms with Crippen LogP contribution in [0, 0.1) is 0 Å². The standard InChI is InChI=1S/C20H23NO6/c1-24-17-12-18(25-2)19(16(22)6-5-14-4-3-9-27-14)20(23)15(17)13-21-7-10-26-11-8-21/h3-6,9,12,23H,7-8,10-11,13H2,1-2H3. The zero-order valence-electron chi connectivity index (χ0n) is 15.4. The van der Waals surface area contributed by atoms with E-state index in [2.05, 4.69) is 4.90 Å². The summed E-state index contributed by atoms with van der Waals surface area (Å²) in [6.45, 7) is 3.21. The Bertz CT molecular complexity index is 806. The van der Waals surface area contributed by atoms with E-state index in [1.807, 2.05) is 0 Å². The Morgan fingerprint density at radius 3 is 2.63 bits per heavy atom. The average molecular weight is 373 g/mol. The molecule has 0 unspecified atom stereocenters. The van der Waals surface area contributed by atoms with E-state index in [9.17, 15) is 9.90 Å². The third kappa shape index (κ3) is 4.32. The van der Waals surface area contributed by atoms with Gasteiger partial charge in [-0.1, -0.05) is 0 Å². The van der Waals surface area contributed by atoms with Gasteiger partial charge in [0.15, 0.2) is 5.78 Å². The maximum Gasteiger partial charge on any atom is 0.193 e. The molecule has 1 aromatic heterocycles. The van der Waals surface area contributed by atoms with Gasteiger partial charge in [-0.25, -0.2) is 0 Å². The van der Waals surface area contributed by atoms with Gasteiger partial charge < -0.3 is 23.7 Å². The molecule has 0 bridgehead atoms. The number of allylic oxidation sites excluding steroid dienone is 1. The molecule has 27 heavy (non-hydrogen) atoms. The molecule has 0 radical (unpaired) electrons. The number of phenolic OH excluding ortho intramolecular Hbond substituents is 1. The highest BCUT2D eigenvalue weighted by molar-refractivity contribution is 6.10. The predicted octanol–water partition coefficient (Wildman–Crippen LogP) is 2.73. The molecule has 1 aliphatic heterocycles. The second-order valence-corrected chi connectivity index (χ2v) is 6.08. The molecular weight excluding hydrogens is 350 g/mol. The summed E-state index contributed by atoms with van der Waals surface area (Å²) in [6, 6.07) is 5.10. The normalized spacial score (nSPS) is 15.2. The number of ketones is 1. The van der Waals surface area contributed by atoms with Gasteiger partial charge in [-0.2, -0.15) is 0 Å². The molecule has 0 aliphatic carbocycles. The van der Waals surface area contributed by atoms with Crippen LogP contribution in [0.2, 0.25) is 0 Å². The van der Waals surface area contributed by atoms with E-state index in [1.165, 1.54) is 26.6 Å². The summed E-state index contributed by atoms with van der Waals surface area (Å²) in [5.74, 6) is 0.758. The molecule has 7 nitrogen and oxygen atoms in total. The summed E-state index contributed by atoms with van der Waals surface area (Å²) in [4.78, 5) is 14.9. The minimum Gasteiger partial charge on any atom is -0.507 e. The molecule has 0 amide bonds. The highest BCUT2D eigenvalue weighted by atomic mass is 16.5. The highest BCUT2D eigenvalue weighted by Gasteiger charge is 2.25. The van der Waals surface area contributed by atoms with E-state index in [1.54, 1.807) is 24.3 Å². The van der Waals surface area contributed by atoms with Crippen molar-refractivity contribution in [3.8, 4) is 17.2 Å². The SMILES string of the molecule is COc1cc(OC)c(C(=O)C=Cc2ccco2)c(O)c1CN1CCOCC1. The number of hydrogen-bond acceptors (Lipinski definition) is 7. The smallest absolute Gasteiger partial charge is 0.193 e. The lowest BCUT2D eigenvalue weighted by Crippen LogP contribution is -2.35. The maximum absolute atomic E-state index is 12.7. The third-order valence-corrected chi connectivity index (χ3v) is 4.44. The van der Waals surface area contributed by atoms with Crippen LogP contribution in [-0.2, 0) is 11.3 Å². The van der Waals surface area contributed by atoms with Crippen molar-refractivity contribution in [3.63, 3.8) is 0 Å². The van der Waals surface area contributed by atoms with Crippen LogP contribution in [-0.4, -0.2) is 56.3 Å². The van der Waals surface area contributed by atoms with E-state index >= 15 is 0 Å². The topological polar surface area (TPSA) is 81.4 Å². The van der Waals surface area contributed by atoms with Crippen molar-refractivity contribution in [2.24, 2.45) is 0 Å². The Kier molecular flexibility index (Phi) is 6.16. The van der Waals surface area contributed by atoms with Crippen molar-refractivity contribution < 1.29 is 28.5 Å². The van der Waals surface area contributed by atoms with Crippen LogP contribution < -0.4 is 9.47 Å². The molecule has 1 aromatic carbocycles. The molecule has 2 aromatic rings. The summed E-state index contributed by atoms with van der Waals surface area (Å²) in [7, 11) is 2.97. The monoisotopic (exact) mass is 373 g/mol. The number of aromatic hydroxyl groups is 1. The van der Waals surface area contributed by atoms with Gasteiger partial charge in [0.05, 0.1) is 39.3 Å². The first-order chi connectivity index (χ1) is 13.1. The Balaban J connectivity index is 1.95. The first-order valence-corrected chi connectivity index (χ1v) is 8.67. The summed E-state index contributed by atoms with van der Waals surface area (Å²) in [5, 5.41) is 10.9. The zero-order valence-corrected chi connectivity index (χ0v) is 15.4. The van der Waals surface area contributed by atoms with Gasteiger partial charge in [0.25, 0.3) is 0 Å². The number of carbonyl (C=O) groups is 1. The van der Waals surface area contributed by atoms with Crippen LogP contribution in [0.4, 0.5) is 0 Å². The van der Waals surface area contributed by atoms with Gasteiger partial charge in [-0.15, -0.1) is 0 Å². The Hall–Kier alpha value is -2.77. The number of phenols is 1. The molecule has 1 fully saturated rings. The number of ether oxygens (including phenoxy) is 3. The van der Waals surface area contributed by atoms with Crippen molar-refractivity contribution in [3.05, 3.63) is 47.4 Å². The van der Waals surface area contributed by atoms with Gasteiger partial charge in [0, 0.05) is 25.7 Å². The average Bonchev–Trinajstić information content (AvgIpc) is 3.21. The van der Waals surface area contributed by atoms with Crippen LogP contribution >= 0.6 is 0 Å². The van der Waals surface area contributed by atoms with Gasteiger partial charge in [0.2, 0.25) is 0 Å². The molecule has 7 heteroatoms. The number of rotatable bonds is 7. The number of nitrogens with zero attached hydrogens (tertiary/aromatic N) is 1. The van der Waals surface area contributed by atoms with Crippen molar-refractivity contribution in [1.82, 2.24) is 4.90 Å². The quantitative estimate of drug-likeness (QED) is 0.590. The molecule has 3 rings (SSSR count). The number of carbonyl (C=O) groups excluding carboxylic acids is 1. The van der Waals surface area contributed by atoms with Crippen molar-refractivity contribution in [2.75, 3.05) is 40.5 Å². The molecule has 2 heterocycles. The molecule has 0 spiro atoms. The fourth-order valence-electron chi connectivity index (χ4n) is 3.01. The summed E-state index contributed by atoms with van der Waals surface area (Å²) in [5.41, 5.74) is 0.652. The lowest BCUT2D eigenvalue weighted by atomic mass is 10.0. The van der Waals surface area contributed by atoms with Crippen molar-refractivity contribution in [2.45, 2.75) is 6.54 Å². The molecule has 0 saturated carbocycles. The second-order valence-electron chi connectivity index (χ2n) is 6.08. The molecule has 1 aliphatic rings. The van der Waals surface area contributed by atoms with Crippen LogP contribution in [0.5, 0.6) is 17.2 Å². The van der Waals surface area contributed by atoms with E-state index in [4.69, 9.17) is 18.6 Å². The molecule has 0 atom stereocenters. The molecule has 144 valence electrons. The first-order valence-electron chi connectivity index (χ1n) is 8.67. The lowest BCUT2D eigenvalue weighted by molar-refractivity contribution is 0.0335. The lowest BCUT2D eigenvalue weighted by Gasteiger charge is -2.28. The van der Waals surface area contributed by atoms with Gasteiger partial charge in [-0.05, 0) is 24.3 Å². The summed E-state index contributed by atoms with van der Waals surface area (Å²) >= 11 is 0. The van der Waals surface area contributed by atoms with Crippen molar-refractivity contribution in [1.29, 1.82) is 0 Å². The van der Waals surface area contributed by atoms with Crippen molar-refractivity contribution >= 4 is 11.9 Å². The molecule has 1 saturated heterocycles. The second kappa shape index (κ2) is 8.75.